The predicted octanol–water partition coefficient (Wildman–Crippen LogP) is 10.6. The number of hydrogen-bond donors (Lipinski definition) is 0. The van der Waals surface area contributed by atoms with Crippen LogP contribution in [0.1, 0.15) is 75.3 Å². The van der Waals surface area contributed by atoms with Crippen molar-refractivity contribution in [2.75, 3.05) is 13.2 Å². The van der Waals surface area contributed by atoms with Crippen LogP contribution in [0.4, 0.5) is 30.7 Å². The third-order valence-electron chi connectivity index (χ3n) is 8.81. The minimum Gasteiger partial charge on any atom is -0.429 e. The lowest BCUT2D eigenvalue weighted by molar-refractivity contribution is -0.229. The Balaban J connectivity index is 1.14. The average molecular weight is 651 g/mol. The molecule has 0 N–H and O–H groups in total. The normalized spacial score (nSPS) is 22.3. The van der Waals surface area contributed by atoms with Gasteiger partial charge in [-0.05, 0) is 85.6 Å². The minimum atomic E-state index is -3.94. The van der Waals surface area contributed by atoms with E-state index >= 15 is 0 Å². The molecule has 1 aliphatic carbocycles. The number of ether oxygens (including phenoxy) is 3. The first-order chi connectivity index (χ1) is 22.0. The van der Waals surface area contributed by atoms with E-state index in [1.54, 1.807) is 6.07 Å². The van der Waals surface area contributed by atoms with E-state index in [0.717, 1.165) is 69.1 Å². The number of hydrogen-bond acceptors (Lipinski definition) is 3. The van der Waals surface area contributed by atoms with Crippen molar-refractivity contribution in [3.05, 3.63) is 94.8 Å². The fourth-order valence-corrected chi connectivity index (χ4v) is 6.22. The minimum absolute atomic E-state index is 0.0694. The van der Waals surface area contributed by atoms with Crippen molar-refractivity contribution >= 4 is 6.08 Å². The van der Waals surface area contributed by atoms with Gasteiger partial charge in [-0.15, -0.1) is 0 Å². The van der Waals surface area contributed by atoms with Crippen LogP contribution in [0.15, 0.2) is 54.6 Å². The second kappa shape index (κ2) is 15.0. The molecule has 0 unspecified atom stereocenters. The first kappa shape index (κ1) is 34.0. The van der Waals surface area contributed by atoms with Crippen LogP contribution in [0.3, 0.4) is 0 Å². The SMILES string of the molecule is CCCCCC1COC(C2CCC(c3ccc(/C=C/C(F)(F)Oc4ccc(-c5cc(F)c(F)c(F)c5)c(F)c4)c(F)c3)CC2)OC1. The van der Waals surface area contributed by atoms with E-state index in [1.807, 2.05) is 0 Å². The zero-order valence-electron chi connectivity index (χ0n) is 25.5. The zero-order chi connectivity index (χ0) is 32.8. The summed E-state index contributed by atoms with van der Waals surface area (Å²) in [6, 6.07) is 8.27. The Kier molecular flexibility index (Phi) is 11.1. The van der Waals surface area contributed by atoms with Gasteiger partial charge in [0.2, 0.25) is 0 Å². The van der Waals surface area contributed by atoms with Gasteiger partial charge >= 0.3 is 6.11 Å². The summed E-state index contributed by atoms with van der Waals surface area (Å²) in [4.78, 5) is 0. The van der Waals surface area contributed by atoms with Gasteiger partial charge in [0.05, 0.1) is 13.2 Å². The van der Waals surface area contributed by atoms with Gasteiger partial charge in [0.25, 0.3) is 0 Å². The van der Waals surface area contributed by atoms with Crippen LogP contribution < -0.4 is 4.74 Å². The number of benzene rings is 3. The molecule has 10 heteroatoms. The van der Waals surface area contributed by atoms with Crippen LogP contribution in [-0.4, -0.2) is 25.6 Å². The lowest BCUT2D eigenvalue weighted by Crippen LogP contribution is -2.38. The van der Waals surface area contributed by atoms with Crippen molar-refractivity contribution in [2.24, 2.45) is 11.8 Å². The molecule has 3 aromatic carbocycles. The van der Waals surface area contributed by atoms with Crippen LogP contribution in [-0.2, 0) is 9.47 Å². The van der Waals surface area contributed by atoms with Crippen LogP contribution in [0.2, 0.25) is 0 Å². The van der Waals surface area contributed by atoms with Crippen LogP contribution in [0.25, 0.3) is 17.2 Å². The molecule has 0 spiro atoms. The highest BCUT2D eigenvalue weighted by Crippen LogP contribution is 2.40. The summed E-state index contributed by atoms with van der Waals surface area (Å²) >= 11 is 0. The van der Waals surface area contributed by atoms with Crippen LogP contribution >= 0.6 is 0 Å². The fraction of sp³-hybridized carbons (Fsp3) is 0.444. The van der Waals surface area contributed by atoms with Gasteiger partial charge in [-0.25, -0.2) is 22.0 Å². The summed E-state index contributed by atoms with van der Waals surface area (Å²) in [5.74, 6) is -6.24. The standard InChI is InChI=1S/C36H37F7O3/c1-2-3-4-5-22-20-44-35(45-21-22)25-9-6-23(7-10-25)26-11-8-24(30(37)16-26)14-15-36(42,43)46-28-12-13-29(31(38)19-28)27-17-32(39)34(41)33(40)18-27/h8,11-19,22-23,25,35H,2-7,9-10,20-21H2,1H3/b15-14+. The number of halogens is 7. The summed E-state index contributed by atoms with van der Waals surface area (Å²) in [6.45, 7) is 3.64. The highest BCUT2D eigenvalue weighted by molar-refractivity contribution is 5.65. The van der Waals surface area contributed by atoms with Crippen molar-refractivity contribution in [3.8, 4) is 16.9 Å². The maximum absolute atomic E-state index is 15.0. The molecule has 3 nitrogen and oxygen atoms in total. The van der Waals surface area contributed by atoms with E-state index < -0.39 is 40.9 Å². The third kappa shape index (κ3) is 8.50. The van der Waals surface area contributed by atoms with Crippen LogP contribution in [0, 0.1) is 40.9 Å². The third-order valence-corrected chi connectivity index (χ3v) is 8.81. The lowest BCUT2D eigenvalue weighted by atomic mass is 9.78. The van der Waals surface area contributed by atoms with Crippen molar-refractivity contribution in [1.29, 1.82) is 0 Å². The smallest absolute Gasteiger partial charge is 0.419 e. The van der Waals surface area contributed by atoms with Gasteiger partial charge in [0.15, 0.2) is 23.7 Å². The summed E-state index contributed by atoms with van der Waals surface area (Å²) in [5, 5.41) is 0. The molecule has 5 rings (SSSR count). The van der Waals surface area contributed by atoms with E-state index in [0.29, 0.717) is 36.1 Å². The van der Waals surface area contributed by atoms with Crippen molar-refractivity contribution in [1.82, 2.24) is 0 Å². The number of alkyl halides is 2. The Bertz CT molecular complexity index is 1490. The Hall–Kier alpha value is -3.37. The second-order valence-corrected chi connectivity index (χ2v) is 12.2. The summed E-state index contributed by atoms with van der Waals surface area (Å²) < 4.78 is 116. The van der Waals surface area contributed by atoms with E-state index in [2.05, 4.69) is 11.7 Å². The summed E-state index contributed by atoms with van der Waals surface area (Å²) in [7, 11) is 0. The predicted molar refractivity (Wildman–Crippen MR) is 161 cm³/mol. The van der Waals surface area contributed by atoms with Crippen molar-refractivity contribution in [3.63, 3.8) is 0 Å². The number of unbranched alkanes of at least 4 members (excludes halogenated alkanes) is 2. The number of rotatable bonds is 11. The molecule has 1 heterocycles. The maximum atomic E-state index is 15.0. The first-order valence-electron chi connectivity index (χ1n) is 15.8. The molecule has 1 saturated carbocycles. The molecule has 0 radical (unpaired) electrons. The molecular weight excluding hydrogens is 613 g/mol. The van der Waals surface area contributed by atoms with E-state index in [1.165, 1.54) is 31.4 Å². The van der Waals surface area contributed by atoms with Gasteiger partial charge in [0.1, 0.15) is 17.4 Å². The molecule has 3 aromatic rings. The molecule has 0 aromatic heterocycles. The van der Waals surface area contributed by atoms with Gasteiger partial charge in [0, 0.05) is 35.1 Å². The molecule has 1 aliphatic heterocycles. The molecule has 0 atom stereocenters. The van der Waals surface area contributed by atoms with Crippen molar-refractivity contribution in [2.45, 2.75) is 76.6 Å². The Morgan fingerprint density at radius 3 is 2.13 bits per heavy atom. The van der Waals surface area contributed by atoms with E-state index in [9.17, 15) is 30.7 Å². The molecule has 2 aliphatic rings. The maximum Gasteiger partial charge on any atom is 0.419 e. The average Bonchev–Trinajstić information content (AvgIpc) is 3.03. The molecule has 248 valence electrons. The molecule has 1 saturated heterocycles. The summed E-state index contributed by atoms with van der Waals surface area (Å²) in [5.41, 5.74) is 0.0632. The fourth-order valence-electron chi connectivity index (χ4n) is 6.22. The highest BCUT2D eigenvalue weighted by Gasteiger charge is 2.33. The van der Waals surface area contributed by atoms with E-state index in [-0.39, 0.29) is 28.9 Å². The molecule has 2 fully saturated rings. The van der Waals surface area contributed by atoms with Gasteiger partial charge in [-0.1, -0.05) is 38.3 Å². The Morgan fingerprint density at radius 1 is 0.804 bits per heavy atom. The quantitative estimate of drug-likeness (QED) is 0.117. The first-order valence-corrected chi connectivity index (χ1v) is 15.8. The van der Waals surface area contributed by atoms with Gasteiger partial charge in [-0.3, -0.25) is 0 Å². The van der Waals surface area contributed by atoms with E-state index in [4.69, 9.17) is 9.47 Å². The lowest BCUT2D eigenvalue weighted by Gasteiger charge is -2.37. The topological polar surface area (TPSA) is 27.7 Å². The van der Waals surface area contributed by atoms with Crippen molar-refractivity contribution < 1.29 is 44.9 Å². The van der Waals surface area contributed by atoms with Crippen LogP contribution in [0.5, 0.6) is 5.75 Å². The second-order valence-electron chi connectivity index (χ2n) is 12.2. The van der Waals surface area contributed by atoms with Gasteiger partial charge < -0.3 is 14.2 Å². The summed E-state index contributed by atoms with van der Waals surface area (Å²) in [6.07, 6.45) is 5.29. The Morgan fingerprint density at radius 2 is 1.50 bits per heavy atom. The molecule has 0 amide bonds. The zero-order valence-corrected chi connectivity index (χ0v) is 25.5. The monoisotopic (exact) mass is 650 g/mol. The highest BCUT2D eigenvalue weighted by atomic mass is 19.3. The molecular formula is C36H37F7O3. The molecule has 0 bridgehead atoms. The Labute approximate surface area is 264 Å². The largest absolute Gasteiger partial charge is 0.429 e. The molecule has 46 heavy (non-hydrogen) atoms. The van der Waals surface area contributed by atoms with Gasteiger partial charge in [-0.2, -0.15) is 8.78 Å².